The Hall–Kier alpha value is -3.37. The number of unbranched alkanes of at least 4 members (excludes halogenated alkanes) is 1. The minimum Gasteiger partial charge on any atom is -0.504 e. The molecule has 0 aliphatic heterocycles. The first-order chi connectivity index (χ1) is 18.9. The first-order valence-electron chi connectivity index (χ1n) is 13.4. The van der Waals surface area contributed by atoms with Crippen molar-refractivity contribution in [3.63, 3.8) is 0 Å². The number of fused-ring (bicyclic) bond motifs is 3. The average molecular weight is 599 g/mol. The summed E-state index contributed by atoms with van der Waals surface area (Å²) < 4.78 is 7.84. The third-order valence-electron chi connectivity index (χ3n) is 6.69. The van der Waals surface area contributed by atoms with Crippen LogP contribution >= 0.6 is 15.9 Å². The van der Waals surface area contributed by atoms with E-state index in [4.69, 9.17) is 15.5 Å². The number of aromatic nitrogens is 3. The number of pyridine rings is 1. The predicted octanol–water partition coefficient (Wildman–Crippen LogP) is 4.82. The highest BCUT2D eigenvalue weighted by Gasteiger charge is 2.19. The van der Waals surface area contributed by atoms with Crippen molar-refractivity contribution in [3.8, 4) is 11.5 Å². The van der Waals surface area contributed by atoms with Crippen LogP contribution in [0, 0.1) is 0 Å². The van der Waals surface area contributed by atoms with Crippen molar-refractivity contribution in [1.29, 1.82) is 0 Å². The van der Waals surface area contributed by atoms with Crippen LogP contribution in [0.1, 0.15) is 49.6 Å². The molecule has 0 unspecified atom stereocenters. The number of aromatic hydroxyl groups is 2. The molecule has 0 bridgehead atoms. The highest BCUT2D eigenvalue weighted by molar-refractivity contribution is 9.09. The molecule has 1 amide bonds. The number of aryl methyl sites for hydroxylation is 2. The number of halogens is 1. The van der Waals surface area contributed by atoms with Crippen LogP contribution in [0.2, 0.25) is 0 Å². The van der Waals surface area contributed by atoms with Crippen LogP contribution in [0.25, 0.3) is 21.9 Å². The van der Waals surface area contributed by atoms with Gasteiger partial charge in [0.15, 0.2) is 17.3 Å². The van der Waals surface area contributed by atoms with E-state index >= 15 is 0 Å². The third-order valence-corrected chi connectivity index (χ3v) is 7.20. The Balaban J connectivity index is 1.57. The molecule has 9 nitrogen and oxygen atoms in total. The Kier molecular flexibility index (Phi) is 10.00. The topological polar surface area (TPSA) is 136 Å². The summed E-state index contributed by atoms with van der Waals surface area (Å²) in [6, 6.07) is 11.2. The number of nitrogens with two attached hydrogens (primary N) is 1. The monoisotopic (exact) mass is 597 g/mol. The van der Waals surface area contributed by atoms with E-state index < -0.39 is 0 Å². The van der Waals surface area contributed by atoms with Crippen LogP contribution in [0.4, 0.5) is 5.82 Å². The molecule has 10 heteroatoms. The van der Waals surface area contributed by atoms with Gasteiger partial charge in [0, 0.05) is 37.1 Å². The largest absolute Gasteiger partial charge is 0.504 e. The maximum absolute atomic E-state index is 11.2. The molecule has 2 aromatic heterocycles. The molecule has 0 atom stereocenters. The maximum Gasteiger partial charge on any atom is 0.230 e. The molecule has 0 radical (unpaired) electrons. The molecule has 208 valence electrons. The fraction of sp³-hybridized carbons (Fsp3) is 0.414. The first kappa shape index (κ1) is 28.6. The van der Waals surface area contributed by atoms with E-state index in [0.717, 1.165) is 66.3 Å². The van der Waals surface area contributed by atoms with Crippen LogP contribution < -0.4 is 11.1 Å². The lowest BCUT2D eigenvalue weighted by molar-refractivity contribution is -0.118. The van der Waals surface area contributed by atoms with Gasteiger partial charge in [0.25, 0.3) is 0 Å². The number of carbonyl (C=O) groups is 1. The number of benzene rings is 2. The molecule has 0 spiro atoms. The van der Waals surface area contributed by atoms with E-state index in [2.05, 4.69) is 49.9 Å². The quantitative estimate of drug-likeness (QED) is 0.0929. The number of anilines is 1. The predicted molar refractivity (Wildman–Crippen MR) is 157 cm³/mol. The van der Waals surface area contributed by atoms with Crippen molar-refractivity contribution in [3.05, 3.63) is 53.3 Å². The average Bonchev–Trinajstić information content (AvgIpc) is 3.30. The fourth-order valence-electron chi connectivity index (χ4n) is 4.66. The van der Waals surface area contributed by atoms with E-state index in [-0.39, 0.29) is 17.4 Å². The van der Waals surface area contributed by atoms with Gasteiger partial charge in [-0.2, -0.15) is 0 Å². The van der Waals surface area contributed by atoms with Crippen LogP contribution in [0.3, 0.4) is 0 Å². The third kappa shape index (κ3) is 6.99. The highest BCUT2D eigenvalue weighted by Crippen LogP contribution is 2.34. The van der Waals surface area contributed by atoms with Crippen molar-refractivity contribution in [2.45, 2.75) is 52.0 Å². The van der Waals surface area contributed by atoms with Crippen LogP contribution in [-0.2, 0) is 28.9 Å². The summed E-state index contributed by atoms with van der Waals surface area (Å²) >= 11 is 3.13. The molecule has 2 heterocycles. The summed E-state index contributed by atoms with van der Waals surface area (Å²) in [5.74, 6) is 0.961. The zero-order chi connectivity index (χ0) is 27.8. The van der Waals surface area contributed by atoms with E-state index in [1.807, 2.05) is 6.07 Å². The molecular formula is C29H36BrN5O4. The van der Waals surface area contributed by atoms with Gasteiger partial charge in [-0.25, -0.2) is 9.97 Å². The van der Waals surface area contributed by atoms with Gasteiger partial charge in [0.1, 0.15) is 11.3 Å². The molecular weight excluding hydrogens is 562 g/mol. The number of phenols is 2. The second-order valence-corrected chi connectivity index (χ2v) is 10.2. The van der Waals surface area contributed by atoms with Gasteiger partial charge >= 0.3 is 0 Å². The lowest BCUT2D eigenvalue weighted by atomic mass is 10.1. The first-order valence-corrected chi connectivity index (χ1v) is 14.5. The molecule has 0 aliphatic rings. The van der Waals surface area contributed by atoms with Crippen LogP contribution in [0.5, 0.6) is 11.5 Å². The summed E-state index contributed by atoms with van der Waals surface area (Å²) in [4.78, 5) is 20.8. The number of nitrogens with zero attached hydrogens (tertiary/aromatic N) is 3. The van der Waals surface area contributed by atoms with Crippen molar-refractivity contribution in [1.82, 2.24) is 19.9 Å². The lowest BCUT2D eigenvalue weighted by Crippen LogP contribution is -2.26. The van der Waals surface area contributed by atoms with Gasteiger partial charge in [-0.3, -0.25) is 4.79 Å². The summed E-state index contributed by atoms with van der Waals surface area (Å²) in [5.41, 5.74) is 10.5. The lowest BCUT2D eigenvalue weighted by Gasteiger charge is -2.13. The van der Waals surface area contributed by atoms with E-state index in [1.54, 1.807) is 12.1 Å². The van der Waals surface area contributed by atoms with E-state index in [0.29, 0.717) is 48.5 Å². The molecule has 0 fully saturated rings. The number of hydrogen-bond donors (Lipinski definition) is 4. The normalized spacial score (nSPS) is 11.4. The van der Waals surface area contributed by atoms with Gasteiger partial charge in [-0.1, -0.05) is 47.5 Å². The fourth-order valence-corrected chi connectivity index (χ4v) is 4.86. The number of rotatable bonds is 14. The number of carbonyl (C=O) groups excluding carboxylic acids is 1. The van der Waals surface area contributed by atoms with Crippen LogP contribution in [0.15, 0.2) is 36.4 Å². The van der Waals surface area contributed by atoms with E-state index in [1.165, 1.54) is 6.07 Å². The van der Waals surface area contributed by atoms with Crippen molar-refractivity contribution >= 4 is 49.6 Å². The Morgan fingerprint density at radius 3 is 2.72 bits per heavy atom. The number of imidazole rings is 1. The smallest absolute Gasteiger partial charge is 0.230 e. The number of para-hydroxylation sites is 1. The molecule has 0 saturated carbocycles. The number of ether oxygens (including phenoxy) is 1. The zero-order valence-electron chi connectivity index (χ0n) is 22.3. The number of hydrogen-bond acceptors (Lipinski definition) is 7. The molecule has 4 rings (SSSR count). The van der Waals surface area contributed by atoms with Gasteiger partial charge in [-0.15, -0.1) is 0 Å². The molecule has 4 aromatic rings. The van der Waals surface area contributed by atoms with Gasteiger partial charge in [0.2, 0.25) is 5.91 Å². The summed E-state index contributed by atoms with van der Waals surface area (Å²) in [7, 11) is 0. The Morgan fingerprint density at radius 1 is 1.10 bits per heavy atom. The number of nitrogens with one attached hydrogen (secondary N) is 1. The molecule has 2 aromatic carbocycles. The molecule has 0 saturated heterocycles. The molecule has 5 N–H and O–H groups in total. The highest BCUT2D eigenvalue weighted by atomic mass is 79.9. The van der Waals surface area contributed by atoms with Crippen molar-refractivity contribution in [2.75, 3.05) is 30.8 Å². The summed E-state index contributed by atoms with van der Waals surface area (Å²) in [6.45, 7) is 4.33. The van der Waals surface area contributed by atoms with Gasteiger partial charge in [-0.05, 0) is 49.4 Å². The number of alkyl halides is 1. The maximum atomic E-state index is 11.2. The summed E-state index contributed by atoms with van der Waals surface area (Å²) in [5, 5.41) is 24.7. The van der Waals surface area contributed by atoms with Gasteiger partial charge < -0.3 is 30.6 Å². The molecule has 0 aliphatic carbocycles. The van der Waals surface area contributed by atoms with Crippen LogP contribution in [-0.4, -0.2) is 55.7 Å². The number of nitrogen functional groups attached to an aromatic ring is 1. The summed E-state index contributed by atoms with van der Waals surface area (Å²) in [6.07, 6.45) is 5.23. The second-order valence-electron chi connectivity index (χ2n) is 9.60. The minimum absolute atomic E-state index is 0.0193. The van der Waals surface area contributed by atoms with Gasteiger partial charge in [0.05, 0.1) is 22.9 Å². The zero-order valence-corrected chi connectivity index (χ0v) is 23.8. The Labute approximate surface area is 236 Å². The Morgan fingerprint density at radius 2 is 1.92 bits per heavy atom. The minimum atomic E-state index is -0.147. The Bertz CT molecular complexity index is 1440. The molecule has 39 heavy (non-hydrogen) atoms. The SMILES string of the molecule is CCCCc1nc2c(N)nc3ccc(CCCOCCCNC(=O)CBr)cc3c2n1Cc1cccc(O)c1O. The second kappa shape index (κ2) is 13.6. The van der Waals surface area contributed by atoms with Crippen molar-refractivity contribution < 1.29 is 19.7 Å². The number of amides is 1. The van der Waals surface area contributed by atoms with E-state index in [9.17, 15) is 15.0 Å². The standard InChI is InChI=1S/C29H36BrN5O4/c1-2-3-10-24-34-26-27(35(24)18-20-8-4-9-23(36)28(20)38)21-16-19(11-12-22(21)33-29(26)31)7-5-14-39-15-6-13-32-25(37)17-30/h4,8-9,11-12,16,36,38H,2-3,5-7,10,13-15,17-18H2,1H3,(H2,31,33)(H,32,37). The van der Waals surface area contributed by atoms with Crippen molar-refractivity contribution in [2.24, 2.45) is 0 Å². The number of phenolic OH excluding ortho intramolecular Hbond substituents is 2.